The molecule has 0 spiro atoms. The first-order chi connectivity index (χ1) is 14.0. The Morgan fingerprint density at radius 1 is 1.27 bits per heavy atom. The minimum absolute atomic E-state index is 0. The number of likely N-dealkylation sites (tertiary alicyclic amines) is 1. The number of aliphatic imine (C=N–C) groups is 1. The molecule has 1 aromatic heterocycles. The van der Waals surface area contributed by atoms with E-state index < -0.39 is 11.9 Å². The number of thiazole rings is 1. The second-order valence-electron chi connectivity index (χ2n) is 7.01. The molecule has 30 heavy (non-hydrogen) atoms. The zero-order chi connectivity index (χ0) is 20.7. The van der Waals surface area contributed by atoms with Crippen LogP contribution < -0.4 is 10.6 Å². The van der Waals surface area contributed by atoms with E-state index in [9.17, 15) is 13.2 Å². The second-order valence-corrected chi connectivity index (χ2v) is 7.95. The summed E-state index contributed by atoms with van der Waals surface area (Å²) in [6, 6.07) is 10.9. The van der Waals surface area contributed by atoms with Crippen LogP contribution in [0.1, 0.15) is 29.1 Å². The Morgan fingerprint density at radius 3 is 2.70 bits per heavy atom. The first-order valence-electron chi connectivity index (χ1n) is 9.70. The normalized spacial score (nSPS) is 17.6. The molecule has 1 aromatic carbocycles. The molecule has 1 aliphatic heterocycles. The monoisotopic (exact) mass is 553 g/mol. The molecule has 2 heterocycles. The summed E-state index contributed by atoms with van der Waals surface area (Å²) in [6.07, 6.45) is -1.65. The van der Waals surface area contributed by atoms with Crippen LogP contribution in [-0.4, -0.2) is 48.6 Å². The minimum Gasteiger partial charge on any atom is -0.356 e. The van der Waals surface area contributed by atoms with Crippen molar-refractivity contribution < 1.29 is 13.2 Å². The number of hydrogen-bond donors (Lipinski definition) is 2. The number of alkyl halides is 3. The molecule has 1 atom stereocenters. The van der Waals surface area contributed by atoms with Gasteiger partial charge < -0.3 is 10.6 Å². The summed E-state index contributed by atoms with van der Waals surface area (Å²) >= 11 is 1.03. The molecule has 1 unspecified atom stereocenters. The van der Waals surface area contributed by atoms with Gasteiger partial charge in [-0.3, -0.25) is 9.89 Å². The average Bonchev–Trinajstić information content (AvgIpc) is 3.35. The fourth-order valence-corrected chi connectivity index (χ4v) is 4.24. The summed E-state index contributed by atoms with van der Waals surface area (Å²) in [7, 11) is 1.69. The van der Waals surface area contributed by atoms with Gasteiger partial charge in [-0.1, -0.05) is 30.3 Å². The number of nitrogens with one attached hydrogen (secondary N) is 2. The van der Waals surface area contributed by atoms with E-state index in [1.165, 1.54) is 12.0 Å². The second kappa shape index (κ2) is 11.8. The van der Waals surface area contributed by atoms with Gasteiger partial charge in [0, 0.05) is 44.5 Å². The highest BCUT2D eigenvalue weighted by atomic mass is 127. The molecular formula is C20H27F3IN5S. The summed E-state index contributed by atoms with van der Waals surface area (Å²) in [5.41, 5.74) is 0.489. The Bertz CT molecular complexity index is 797. The SMILES string of the molecule is CN=C(NCCc1nc(C(F)(F)F)cs1)NCC1CCCN1Cc1ccccc1.I. The molecule has 0 radical (unpaired) electrons. The van der Waals surface area contributed by atoms with Crippen LogP contribution in [0.5, 0.6) is 0 Å². The quantitative estimate of drug-likeness (QED) is 0.308. The van der Waals surface area contributed by atoms with E-state index in [-0.39, 0.29) is 24.0 Å². The largest absolute Gasteiger partial charge is 0.434 e. The van der Waals surface area contributed by atoms with Gasteiger partial charge in [0.1, 0.15) is 0 Å². The van der Waals surface area contributed by atoms with Crippen molar-refractivity contribution in [3.8, 4) is 0 Å². The predicted molar refractivity (Wildman–Crippen MR) is 125 cm³/mol. The van der Waals surface area contributed by atoms with Crippen molar-refractivity contribution in [1.82, 2.24) is 20.5 Å². The highest BCUT2D eigenvalue weighted by Gasteiger charge is 2.33. The standard InChI is InChI=1S/C20H26F3N5S.HI/c1-24-19(25-10-9-18-27-17(14-29-18)20(21,22)23)26-12-16-8-5-11-28(16)13-15-6-3-2-4-7-15;/h2-4,6-7,14,16H,5,8-13H2,1H3,(H2,24,25,26);1H. The Morgan fingerprint density at radius 2 is 2.03 bits per heavy atom. The molecule has 0 amide bonds. The first-order valence-corrected chi connectivity index (χ1v) is 10.6. The van der Waals surface area contributed by atoms with Gasteiger partial charge in [0.15, 0.2) is 11.7 Å². The third-order valence-electron chi connectivity index (χ3n) is 4.93. The Hall–Kier alpha value is -1.40. The van der Waals surface area contributed by atoms with Gasteiger partial charge in [-0.05, 0) is 24.9 Å². The van der Waals surface area contributed by atoms with Crippen molar-refractivity contribution >= 4 is 41.3 Å². The predicted octanol–water partition coefficient (Wildman–Crippen LogP) is 4.15. The zero-order valence-corrected chi connectivity index (χ0v) is 19.9. The van der Waals surface area contributed by atoms with Gasteiger partial charge in [-0.2, -0.15) is 13.2 Å². The van der Waals surface area contributed by atoms with Crippen LogP contribution in [0.3, 0.4) is 0 Å². The van der Waals surface area contributed by atoms with Crippen molar-refractivity contribution in [2.24, 2.45) is 4.99 Å². The molecular weight excluding hydrogens is 526 g/mol. The molecule has 2 aromatic rings. The summed E-state index contributed by atoms with van der Waals surface area (Å²) in [5, 5.41) is 8.03. The fourth-order valence-electron chi connectivity index (χ4n) is 3.43. The van der Waals surface area contributed by atoms with Gasteiger partial charge in [-0.15, -0.1) is 35.3 Å². The van der Waals surface area contributed by atoms with Crippen LogP contribution in [0.4, 0.5) is 13.2 Å². The summed E-state index contributed by atoms with van der Waals surface area (Å²) in [5.74, 6) is 0.657. The smallest absolute Gasteiger partial charge is 0.356 e. The van der Waals surface area contributed by atoms with Crippen molar-refractivity contribution in [2.45, 2.75) is 38.0 Å². The Labute approximate surface area is 196 Å². The number of benzene rings is 1. The lowest BCUT2D eigenvalue weighted by atomic mass is 10.2. The van der Waals surface area contributed by atoms with Crippen molar-refractivity contribution in [1.29, 1.82) is 0 Å². The van der Waals surface area contributed by atoms with Gasteiger partial charge in [-0.25, -0.2) is 4.98 Å². The minimum atomic E-state index is -4.38. The van der Waals surface area contributed by atoms with E-state index in [1.807, 2.05) is 6.07 Å². The van der Waals surface area contributed by atoms with E-state index in [4.69, 9.17) is 0 Å². The summed E-state index contributed by atoms with van der Waals surface area (Å²) in [4.78, 5) is 10.3. The van der Waals surface area contributed by atoms with E-state index >= 15 is 0 Å². The van der Waals surface area contributed by atoms with Crippen LogP contribution in [0.25, 0.3) is 0 Å². The van der Waals surface area contributed by atoms with Crippen molar-refractivity contribution in [2.75, 3.05) is 26.7 Å². The highest BCUT2D eigenvalue weighted by Crippen LogP contribution is 2.30. The number of rotatable bonds is 7. The van der Waals surface area contributed by atoms with Crippen molar-refractivity contribution in [3.63, 3.8) is 0 Å². The number of halogens is 4. The maximum atomic E-state index is 12.6. The first kappa shape index (κ1) is 24.9. The highest BCUT2D eigenvalue weighted by molar-refractivity contribution is 14.0. The summed E-state index contributed by atoms with van der Waals surface area (Å²) < 4.78 is 37.9. The number of guanidine groups is 1. The van der Waals surface area contributed by atoms with Crippen LogP contribution in [0.2, 0.25) is 0 Å². The molecule has 3 rings (SSSR count). The molecule has 1 fully saturated rings. The van der Waals surface area contributed by atoms with Gasteiger partial charge in [0.25, 0.3) is 0 Å². The lowest BCUT2D eigenvalue weighted by Gasteiger charge is -2.25. The number of aromatic nitrogens is 1. The maximum Gasteiger partial charge on any atom is 0.434 e. The molecule has 166 valence electrons. The van der Waals surface area contributed by atoms with Crippen LogP contribution in [-0.2, 0) is 19.1 Å². The third-order valence-corrected chi connectivity index (χ3v) is 5.84. The molecule has 0 bridgehead atoms. The lowest BCUT2D eigenvalue weighted by molar-refractivity contribution is -0.140. The fraction of sp³-hybridized carbons (Fsp3) is 0.500. The molecule has 0 aliphatic carbocycles. The molecule has 10 heteroatoms. The van der Waals surface area contributed by atoms with Gasteiger partial charge >= 0.3 is 6.18 Å². The van der Waals surface area contributed by atoms with Crippen LogP contribution in [0.15, 0.2) is 40.7 Å². The Kier molecular flexibility index (Phi) is 9.82. The molecule has 1 aliphatic rings. The maximum absolute atomic E-state index is 12.6. The van der Waals surface area contributed by atoms with E-state index in [0.29, 0.717) is 30.0 Å². The van der Waals surface area contributed by atoms with Crippen LogP contribution in [0, 0.1) is 0 Å². The molecule has 5 nitrogen and oxygen atoms in total. The Balaban J connectivity index is 0.00000320. The number of nitrogens with zero attached hydrogens (tertiary/aromatic N) is 3. The number of hydrogen-bond acceptors (Lipinski definition) is 4. The van der Waals surface area contributed by atoms with E-state index in [1.54, 1.807) is 7.05 Å². The molecule has 1 saturated heterocycles. The van der Waals surface area contributed by atoms with Crippen LogP contribution >= 0.6 is 35.3 Å². The van der Waals surface area contributed by atoms with E-state index in [0.717, 1.165) is 42.8 Å². The summed E-state index contributed by atoms with van der Waals surface area (Å²) in [6.45, 7) is 3.27. The topological polar surface area (TPSA) is 52.6 Å². The molecule has 2 N–H and O–H groups in total. The zero-order valence-electron chi connectivity index (χ0n) is 16.8. The van der Waals surface area contributed by atoms with E-state index in [2.05, 4.69) is 49.8 Å². The average molecular weight is 553 g/mol. The van der Waals surface area contributed by atoms with Crippen molar-refractivity contribution in [3.05, 3.63) is 52.0 Å². The molecule has 0 saturated carbocycles. The third kappa shape index (κ3) is 7.38. The lowest BCUT2D eigenvalue weighted by Crippen LogP contribution is -2.45. The van der Waals surface area contributed by atoms with Gasteiger partial charge in [0.05, 0.1) is 5.01 Å². The van der Waals surface area contributed by atoms with Gasteiger partial charge in [0.2, 0.25) is 0 Å².